The molecule has 0 saturated heterocycles. The van der Waals surface area contributed by atoms with Crippen LogP contribution in [0.5, 0.6) is 0 Å². The van der Waals surface area contributed by atoms with E-state index >= 15 is 0 Å². The smallest absolute Gasteiger partial charge is 0.436 e. The number of quaternary nitrogens is 1. The molecule has 4 amide bonds. The summed E-state index contributed by atoms with van der Waals surface area (Å²) in [5.41, 5.74) is 0.511. The van der Waals surface area contributed by atoms with Crippen molar-refractivity contribution in [1.82, 2.24) is 9.62 Å². The van der Waals surface area contributed by atoms with Crippen LogP contribution >= 0.6 is 11.9 Å². The van der Waals surface area contributed by atoms with E-state index in [-0.39, 0.29) is 13.2 Å². The molecule has 0 bridgehead atoms. The third kappa shape index (κ3) is 4.74. The third-order valence-corrected chi connectivity index (χ3v) is 4.34. The Kier molecular flexibility index (Phi) is 8.09. The number of nitrogens with one attached hydrogen (secondary N) is 2. The van der Waals surface area contributed by atoms with Gasteiger partial charge in [0, 0.05) is 19.0 Å². The van der Waals surface area contributed by atoms with Crippen LogP contribution in [0.25, 0.3) is 0 Å². The zero-order valence-corrected chi connectivity index (χ0v) is 16.2. The first-order chi connectivity index (χ1) is 12.3. The fourth-order valence-corrected chi connectivity index (χ4v) is 2.75. The molecule has 9 heteroatoms. The van der Waals surface area contributed by atoms with Crippen molar-refractivity contribution in [3.05, 3.63) is 29.8 Å². The molecule has 1 atom stereocenters. The van der Waals surface area contributed by atoms with Gasteiger partial charge in [0.25, 0.3) is 0 Å². The first-order valence-corrected chi connectivity index (χ1v) is 8.94. The van der Waals surface area contributed by atoms with E-state index in [0.29, 0.717) is 16.9 Å². The number of carbonyl (C=O) groups excluding carboxylic acids is 2. The van der Waals surface area contributed by atoms with Gasteiger partial charge in [-0.05, 0) is 49.6 Å². The van der Waals surface area contributed by atoms with Gasteiger partial charge < -0.3 is 4.74 Å². The van der Waals surface area contributed by atoms with E-state index in [1.54, 1.807) is 31.2 Å². The lowest BCUT2D eigenvalue weighted by Crippen LogP contribution is -2.66. The fourth-order valence-electron chi connectivity index (χ4n) is 2.12. The maximum Gasteiger partial charge on any atom is 0.445 e. The molecule has 0 aromatic heterocycles. The van der Waals surface area contributed by atoms with Crippen LogP contribution < -0.4 is 4.72 Å². The number of benzene rings is 1. The molecule has 0 spiro atoms. The Balaban J connectivity index is 3.03. The Bertz CT molecular complexity index is 699. The zero-order valence-electron chi connectivity index (χ0n) is 15.4. The molecule has 1 unspecified atom stereocenters. The van der Waals surface area contributed by atoms with Crippen LogP contribution in [0.4, 0.5) is 9.59 Å². The molecule has 140 valence electrons. The molecule has 0 aliphatic rings. The lowest BCUT2D eigenvalue weighted by atomic mass is 10.2. The molecular formula is C17H24N5O3S+. The average Bonchev–Trinajstić information content (AvgIpc) is 2.65. The van der Waals surface area contributed by atoms with Gasteiger partial charge in [-0.1, -0.05) is 11.4 Å². The minimum atomic E-state index is -0.893. The molecule has 0 fully saturated rings. The number of nitriles is 1. The van der Waals surface area contributed by atoms with Crippen molar-refractivity contribution in [2.24, 2.45) is 0 Å². The number of rotatable bonds is 5. The van der Waals surface area contributed by atoms with Crippen LogP contribution in [0, 0.1) is 16.7 Å². The average molecular weight is 378 g/mol. The van der Waals surface area contributed by atoms with E-state index in [4.69, 9.17) is 15.4 Å². The van der Waals surface area contributed by atoms with E-state index in [1.165, 1.54) is 19.0 Å². The van der Waals surface area contributed by atoms with Crippen LogP contribution in [-0.2, 0) is 4.74 Å². The highest BCUT2D eigenvalue weighted by atomic mass is 32.2. The molecule has 0 aliphatic carbocycles. The largest absolute Gasteiger partial charge is 0.445 e. The van der Waals surface area contributed by atoms with Crippen molar-refractivity contribution in [3.8, 4) is 6.07 Å². The van der Waals surface area contributed by atoms with E-state index in [0.717, 1.165) is 11.9 Å². The van der Waals surface area contributed by atoms with Crippen LogP contribution in [0.2, 0.25) is 0 Å². The van der Waals surface area contributed by atoms with Gasteiger partial charge in [0.15, 0.2) is 0 Å². The Morgan fingerprint density at radius 1 is 1.31 bits per heavy atom. The molecule has 1 aromatic rings. The molecule has 0 heterocycles. The van der Waals surface area contributed by atoms with Gasteiger partial charge in [0.1, 0.15) is 6.54 Å². The molecule has 0 radical (unpaired) electrons. The third-order valence-electron chi connectivity index (χ3n) is 3.56. The van der Waals surface area contributed by atoms with Gasteiger partial charge in [-0.2, -0.15) is 5.26 Å². The molecule has 0 aliphatic heterocycles. The summed E-state index contributed by atoms with van der Waals surface area (Å²) in [6, 6.07) is 7.03. The number of amides is 4. The van der Waals surface area contributed by atoms with Crippen LogP contribution in [0.3, 0.4) is 0 Å². The summed E-state index contributed by atoms with van der Waals surface area (Å²) < 4.78 is 7.05. The second-order valence-corrected chi connectivity index (χ2v) is 6.48. The van der Waals surface area contributed by atoms with Crippen molar-refractivity contribution in [3.63, 3.8) is 0 Å². The summed E-state index contributed by atoms with van der Waals surface area (Å²) in [4.78, 5) is 27.5. The highest BCUT2D eigenvalue weighted by molar-refractivity contribution is 7.98. The van der Waals surface area contributed by atoms with Crippen molar-refractivity contribution in [2.45, 2.75) is 25.2 Å². The van der Waals surface area contributed by atoms with Crippen molar-refractivity contribution in [1.29, 1.82) is 10.7 Å². The minimum absolute atomic E-state index is 0.0410. The lowest BCUT2D eigenvalue weighted by Gasteiger charge is -2.31. The summed E-state index contributed by atoms with van der Waals surface area (Å²) in [7, 11) is 3.05. The molecule has 26 heavy (non-hydrogen) atoms. The van der Waals surface area contributed by atoms with Gasteiger partial charge in [-0.3, -0.25) is 4.90 Å². The first kappa shape index (κ1) is 21.5. The van der Waals surface area contributed by atoms with Gasteiger partial charge >= 0.3 is 18.1 Å². The maximum atomic E-state index is 12.9. The van der Waals surface area contributed by atoms with Crippen molar-refractivity contribution < 1.29 is 18.8 Å². The second kappa shape index (κ2) is 9.79. The quantitative estimate of drug-likeness (QED) is 0.354. The van der Waals surface area contributed by atoms with Gasteiger partial charge in [0.05, 0.1) is 18.2 Å². The van der Waals surface area contributed by atoms with Gasteiger partial charge in [-0.25, -0.2) is 19.7 Å². The molecule has 1 rings (SSSR count). The number of carbonyl (C=O) groups is 2. The number of nitrogens with zero attached hydrogens (tertiary/aromatic N) is 3. The first-order valence-electron chi connectivity index (χ1n) is 8.12. The molecule has 1 aromatic carbocycles. The minimum Gasteiger partial charge on any atom is -0.436 e. The number of amidine groups is 1. The van der Waals surface area contributed by atoms with E-state index in [1.807, 2.05) is 13.0 Å². The van der Waals surface area contributed by atoms with Crippen LogP contribution in [-0.4, -0.2) is 54.7 Å². The molecule has 2 N–H and O–H groups in total. The summed E-state index contributed by atoms with van der Waals surface area (Å²) in [6.07, 6.45) is 0.657. The number of imide groups is 1. The predicted octanol–water partition coefficient (Wildman–Crippen LogP) is 3.15. The van der Waals surface area contributed by atoms with Crippen molar-refractivity contribution >= 4 is 30.0 Å². The van der Waals surface area contributed by atoms with Crippen molar-refractivity contribution in [2.75, 3.05) is 27.2 Å². The van der Waals surface area contributed by atoms with Gasteiger partial charge in [-0.15, -0.1) is 0 Å². The van der Waals surface area contributed by atoms with E-state index < -0.39 is 22.6 Å². The summed E-state index contributed by atoms with van der Waals surface area (Å²) in [5.74, 6) is 0. The zero-order chi connectivity index (χ0) is 19.7. The number of hydrogen-bond acceptors (Lipinski definition) is 6. The Labute approximate surface area is 157 Å². The number of urea groups is 2. The van der Waals surface area contributed by atoms with E-state index in [2.05, 4.69) is 4.72 Å². The number of hydrogen-bond donors (Lipinski definition) is 2. The highest BCUT2D eigenvalue weighted by Gasteiger charge is 2.51. The molecule has 0 saturated carbocycles. The van der Waals surface area contributed by atoms with Gasteiger partial charge in [0.2, 0.25) is 0 Å². The Hall–Kier alpha value is -2.57. The topological polar surface area (TPSA) is 106 Å². The predicted molar refractivity (Wildman–Crippen MR) is 99.4 cm³/mol. The van der Waals surface area contributed by atoms with Crippen LogP contribution in [0.15, 0.2) is 29.2 Å². The standard InChI is InChI=1S/C17H23N5O3S/c1-5-11-25-15(19)22(6-2,17(24)21(3)4)16(23)20-26-14-9-7-13(12-18)8-10-14/h7-10,19H,5-6,11H2,1-4H3/p+1. The monoisotopic (exact) mass is 378 g/mol. The summed E-state index contributed by atoms with van der Waals surface area (Å²) in [5, 5.41) is 17.0. The summed E-state index contributed by atoms with van der Waals surface area (Å²) >= 11 is 1.01. The SMILES string of the molecule is CCCOC(=N)[N+](CC)(C(=O)NSc1ccc(C#N)cc1)C(=O)N(C)C. The highest BCUT2D eigenvalue weighted by Crippen LogP contribution is 2.20. The lowest BCUT2D eigenvalue weighted by molar-refractivity contribution is -0.685. The Morgan fingerprint density at radius 3 is 2.38 bits per heavy atom. The maximum absolute atomic E-state index is 12.9. The van der Waals surface area contributed by atoms with E-state index in [9.17, 15) is 9.59 Å². The molecule has 8 nitrogen and oxygen atoms in total. The summed E-state index contributed by atoms with van der Waals surface area (Å²) in [6.45, 7) is 3.81. The number of ether oxygens (including phenoxy) is 1. The second-order valence-electron chi connectivity index (χ2n) is 5.60. The van der Waals surface area contributed by atoms with Crippen LogP contribution in [0.1, 0.15) is 25.8 Å². The fraction of sp³-hybridized carbons (Fsp3) is 0.412. The normalized spacial score (nSPS) is 12.4. The Morgan fingerprint density at radius 2 is 1.92 bits per heavy atom. The molecular weight excluding hydrogens is 354 g/mol.